The van der Waals surface area contributed by atoms with E-state index in [1.165, 1.54) is 0 Å². The first-order valence-corrected chi connectivity index (χ1v) is 8.06. The van der Waals surface area contributed by atoms with Crippen LogP contribution in [0.15, 0.2) is 60.8 Å². The van der Waals surface area contributed by atoms with E-state index >= 15 is 0 Å². The van der Waals surface area contributed by atoms with Gasteiger partial charge < -0.3 is 24.0 Å². The summed E-state index contributed by atoms with van der Waals surface area (Å²) >= 11 is 0. The SMILES string of the molecule is Cc1ccc2c(c1)C(=O)c1c[n+](C)c(/C=C/c3ccccc3)cc1-2.[I-]. The van der Waals surface area contributed by atoms with Gasteiger partial charge in [-0.2, -0.15) is 0 Å². The van der Waals surface area contributed by atoms with E-state index in [9.17, 15) is 4.79 Å². The van der Waals surface area contributed by atoms with Gasteiger partial charge in [-0.3, -0.25) is 4.79 Å². The van der Waals surface area contributed by atoms with Crippen LogP contribution in [0.25, 0.3) is 23.3 Å². The molecule has 0 N–H and O–H groups in total. The maximum absolute atomic E-state index is 12.7. The Bertz CT molecular complexity index is 990. The van der Waals surface area contributed by atoms with Crippen LogP contribution in [0.3, 0.4) is 0 Å². The third kappa shape index (κ3) is 3.16. The summed E-state index contributed by atoms with van der Waals surface area (Å²) in [6.45, 7) is 2.02. The van der Waals surface area contributed by atoms with E-state index < -0.39 is 0 Å². The van der Waals surface area contributed by atoms with Crippen molar-refractivity contribution < 1.29 is 33.3 Å². The van der Waals surface area contributed by atoms with Crippen molar-refractivity contribution in [1.82, 2.24) is 0 Å². The van der Waals surface area contributed by atoms with Gasteiger partial charge in [0.25, 0.3) is 0 Å². The lowest BCUT2D eigenvalue weighted by molar-refractivity contribution is -0.673. The van der Waals surface area contributed by atoms with Crippen molar-refractivity contribution in [3.05, 3.63) is 88.7 Å². The lowest BCUT2D eigenvalue weighted by atomic mass is 10.0. The van der Waals surface area contributed by atoms with Crippen LogP contribution in [0, 0.1) is 6.92 Å². The van der Waals surface area contributed by atoms with Gasteiger partial charge in [0.15, 0.2) is 12.0 Å². The van der Waals surface area contributed by atoms with Crippen LogP contribution in [0.1, 0.15) is 32.7 Å². The number of halogens is 1. The number of hydrogen-bond acceptors (Lipinski definition) is 1. The Hall–Kier alpha value is -2.27. The van der Waals surface area contributed by atoms with E-state index in [1.54, 1.807) is 0 Å². The first-order valence-electron chi connectivity index (χ1n) is 8.06. The van der Waals surface area contributed by atoms with E-state index in [-0.39, 0.29) is 29.8 Å². The number of rotatable bonds is 2. The molecular weight excluding hydrogens is 421 g/mol. The fourth-order valence-corrected chi connectivity index (χ4v) is 3.21. The molecule has 3 aromatic rings. The summed E-state index contributed by atoms with van der Waals surface area (Å²) in [7, 11) is 1.98. The van der Waals surface area contributed by atoms with Gasteiger partial charge in [0.1, 0.15) is 7.05 Å². The van der Waals surface area contributed by atoms with Gasteiger partial charge in [-0.15, -0.1) is 0 Å². The zero-order valence-electron chi connectivity index (χ0n) is 14.2. The molecule has 0 saturated heterocycles. The van der Waals surface area contributed by atoms with E-state index in [4.69, 9.17) is 0 Å². The molecule has 2 nitrogen and oxygen atoms in total. The second-order valence-corrected chi connectivity index (χ2v) is 6.26. The van der Waals surface area contributed by atoms with Crippen molar-refractivity contribution in [2.75, 3.05) is 0 Å². The second kappa shape index (κ2) is 6.92. The Morgan fingerprint density at radius 2 is 1.60 bits per heavy atom. The Morgan fingerprint density at radius 1 is 0.840 bits per heavy atom. The molecule has 124 valence electrons. The molecule has 0 radical (unpaired) electrons. The third-order valence-corrected chi connectivity index (χ3v) is 4.51. The average Bonchev–Trinajstić information content (AvgIpc) is 2.85. The van der Waals surface area contributed by atoms with Crippen molar-refractivity contribution in [3.8, 4) is 11.1 Å². The quantitative estimate of drug-likeness (QED) is 0.340. The summed E-state index contributed by atoms with van der Waals surface area (Å²) in [5.74, 6) is 0.123. The van der Waals surface area contributed by atoms with E-state index in [0.717, 1.165) is 39.1 Å². The minimum absolute atomic E-state index is 0. The lowest BCUT2D eigenvalue weighted by Crippen LogP contribution is -3.00. The summed E-state index contributed by atoms with van der Waals surface area (Å²) in [5.41, 5.74) is 7.01. The molecule has 0 amide bonds. The van der Waals surface area contributed by atoms with Crippen LogP contribution in [-0.2, 0) is 7.05 Å². The van der Waals surface area contributed by atoms with Gasteiger partial charge in [0.05, 0.1) is 5.56 Å². The highest BCUT2D eigenvalue weighted by atomic mass is 127. The minimum atomic E-state index is 0. The van der Waals surface area contributed by atoms with Crippen LogP contribution in [-0.4, -0.2) is 5.78 Å². The van der Waals surface area contributed by atoms with Crippen molar-refractivity contribution in [3.63, 3.8) is 0 Å². The Labute approximate surface area is 164 Å². The first kappa shape index (κ1) is 17.5. The van der Waals surface area contributed by atoms with Crippen LogP contribution >= 0.6 is 0 Å². The number of aromatic nitrogens is 1. The van der Waals surface area contributed by atoms with E-state index in [1.807, 2.05) is 49.0 Å². The van der Waals surface area contributed by atoms with Gasteiger partial charge in [-0.05, 0) is 30.2 Å². The maximum atomic E-state index is 12.7. The summed E-state index contributed by atoms with van der Waals surface area (Å²) in [5, 5.41) is 0. The largest absolute Gasteiger partial charge is 1.00 e. The van der Waals surface area contributed by atoms with Gasteiger partial charge in [-0.25, -0.2) is 4.57 Å². The van der Waals surface area contributed by atoms with Gasteiger partial charge in [0.2, 0.25) is 5.69 Å². The molecule has 1 aliphatic rings. The summed E-state index contributed by atoms with van der Waals surface area (Å²) in [4.78, 5) is 12.7. The number of fused-ring (bicyclic) bond motifs is 3. The van der Waals surface area contributed by atoms with Gasteiger partial charge in [-0.1, -0.05) is 48.0 Å². The van der Waals surface area contributed by atoms with Crippen LogP contribution in [0.4, 0.5) is 0 Å². The summed E-state index contributed by atoms with van der Waals surface area (Å²) in [6.07, 6.45) is 6.12. The number of carbonyl (C=O) groups is 1. The molecule has 25 heavy (non-hydrogen) atoms. The number of ketones is 1. The molecule has 1 aromatic heterocycles. The lowest BCUT2D eigenvalue weighted by Gasteiger charge is -2.01. The molecule has 0 saturated carbocycles. The van der Waals surface area contributed by atoms with Crippen molar-refractivity contribution in [2.45, 2.75) is 6.92 Å². The normalized spacial score (nSPS) is 12.0. The molecule has 4 rings (SSSR count). The van der Waals surface area contributed by atoms with E-state index in [0.29, 0.717) is 0 Å². The molecule has 1 heterocycles. The monoisotopic (exact) mass is 439 g/mol. The fourth-order valence-electron chi connectivity index (χ4n) is 3.21. The predicted molar refractivity (Wildman–Crippen MR) is 96.6 cm³/mol. The number of aryl methyl sites for hydroxylation is 2. The standard InChI is InChI=1S/C22H18NO.HI/c1-15-8-11-18-19-13-17(10-9-16-6-4-3-5-7-16)23(2)14-21(19)22(24)20(18)12-15;/h3-14H,1-2H3;1H/q+1;/p-1/b10-9+;. The zero-order chi connectivity index (χ0) is 16.7. The molecular formula is C22H18INO. The highest BCUT2D eigenvalue weighted by Gasteiger charge is 2.30. The highest BCUT2D eigenvalue weighted by Crippen LogP contribution is 2.36. The maximum Gasteiger partial charge on any atom is 0.205 e. The highest BCUT2D eigenvalue weighted by molar-refractivity contribution is 6.21. The molecule has 0 aliphatic heterocycles. The molecule has 1 aliphatic carbocycles. The molecule has 3 heteroatoms. The molecule has 0 bridgehead atoms. The van der Waals surface area contributed by atoms with Crippen LogP contribution < -0.4 is 28.5 Å². The van der Waals surface area contributed by atoms with Crippen molar-refractivity contribution in [2.24, 2.45) is 7.05 Å². The average molecular weight is 439 g/mol. The van der Waals surface area contributed by atoms with Gasteiger partial charge >= 0.3 is 0 Å². The number of benzene rings is 2. The Kier molecular flexibility index (Phi) is 4.86. The minimum Gasteiger partial charge on any atom is -1.00 e. The van der Waals surface area contributed by atoms with E-state index in [2.05, 4.69) is 42.5 Å². The second-order valence-electron chi connectivity index (χ2n) is 6.26. The molecule has 0 fully saturated rings. The fraction of sp³-hybridized carbons (Fsp3) is 0.0909. The summed E-state index contributed by atoms with van der Waals surface area (Å²) < 4.78 is 2.01. The number of hydrogen-bond donors (Lipinski definition) is 0. The molecule has 0 unspecified atom stereocenters. The number of carbonyl (C=O) groups excluding carboxylic acids is 1. The molecule has 0 spiro atoms. The first-order chi connectivity index (χ1) is 11.6. The third-order valence-electron chi connectivity index (χ3n) is 4.51. The zero-order valence-corrected chi connectivity index (χ0v) is 16.3. The van der Waals surface area contributed by atoms with Crippen molar-refractivity contribution >= 4 is 17.9 Å². The molecule has 2 aromatic carbocycles. The molecule has 0 atom stereocenters. The van der Waals surface area contributed by atoms with Gasteiger partial charge in [0, 0.05) is 23.3 Å². The Balaban J connectivity index is 0.00000182. The smallest absolute Gasteiger partial charge is 0.205 e. The Morgan fingerprint density at radius 3 is 2.36 bits per heavy atom. The van der Waals surface area contributed by atoms with Crippen LogP contribution in [0.2, 0.25) is 0 Å². The van der Waals surface area contributed by atoms with Crippen LogP contribution in [0.5, 0.6) is 0 Å². The predicted octanol–water partition coefficient (Wildman–Crippen LogP) is 1.21. The number of pyridine rings is 1. The topological polar surface area (TPSA) is 20.9 Å². The number of nitrogens with zero attached hydrogens (tertiary/aromatic N) is 1. The van der Waals surface area contributed by atoms with Crippen molar-refractivity contribution in [1.29, 1.82) is 0 Å². The summed E-state index contributed by atoms with van der Waals surface area (Å²) in [6, 6.07) is 18.4.